The second-order valence-corrected chi connectivity index (χ2v) is 17.3. The van der Waals surface area contributed by atoms with E-state index >= 15 is 0 Å². The molecule has 4 N–H and O–H groups in total. The minimum absolute atomic E-state index is 0.0979. The minimum Gasteiger partial charge on any atom is -0.453 e. The van der Waals surface area contributed by atoms with Gasteiger partial charge in [-0.3, -0.25) is 9.59 Å². The number of fused-ring (bicyclic) bond motifs is 5. The van der Waals surface area contributed by atoms with E-state index in [2.05, 4.69) is 57.0 Å². The van der Waals surface area contributed by atoms with Crippen molar-refractivity contribution < 1.29 is 33.4 Å². The molecule has 4 aromatic rings. The zero-order valence-electron chi connectivity index (χ0n) is 35.2. The molecule has 15 nitrogen and oxygen atoms in total. The quantitative estimate of drug-likeness (QED) is 0.130. The van der Waals surface area contributed by atoms with Crippen molar-refractivity contribution in [2.75, 3.05) is 20.8 Å². The number of aromatic nitrogens is 4. The van der Waals surface area contributed by atoms with E-state index in [0.717, 1.165) is 89.1 Å². The van der Waals surface area contributed by atoms with Crippen LogP contribution in [-0.2, 0) is 37.0 Å². The van der Waals surface area contributed by atoms with Gasteiger partial charge < -0.3 is 44.6 Å². The maximum atomic E-state index is 14.2. The Hall–Kier alpha value is -5.70. The molecular formula is C45H56N8O7. The van der Waals surface area contributed by atoms with E-state index in [1.807, 2.05) is 49.9 Å². The summed E-state index contributed by atoms with van der Waals surface area (Å²) in [5.74, 6) is 1.52. The van der Waals surface area contributed by atoms with Gasteiger partial charge in [0.15, 0.2) is 0 Å². The fourth-order valence-electron chi connectivity index (χ4n) is 9.69. The molecule has 2 aromatic carbocycles. The van der Waals surface area contributed by atoms with Crippen molar-refractivity contribution >= 4 is 24.0 Å². The van der Waals surface area contributed by atoms with Gasteiger partial charge in [0.2, 0.25) is 11.8 Å². The predicted octanol–water partition coefficient (Wildman–Crippen LogP) is 7.03. The third-order valence-corrected chi connectivity index (χ3v) is 12.8. The number of ether oxygens (including phenoxy) is 3. The van der Waals surface area contributed by atoms with Gasteiger partial charge in [0.05, 0.1) is 63.3 Å². The summed E-state index contributed by atoms with van der Waals surface area (Å²) >= 11 is 0. The number of likely N-dealkylation sites (tertiary alicyclic amines) is 2. The molecule has 3 aliphatic heterocycles. The maximum absolute atomic E-state index is 14.2. The topological polar surface area (TPSA) is 184 Å². The van der Waals surface area contributed by atoms with E-state index in [4.69, 9.17) is 24.2 Å². The van der Waals surface area contributed by atoms with Gasteiger partial charge in [-0.05, 0) is 102 Å². The number of aromatic amines is 2. The number of benzene rings is 2. The number of alkyl carbamates (subject to hydrolysis) is 2. The Morgan fingerprint density at radius 1 is 0.733 bits per heavy atom. The summed E-state index contributed by atoms with van der Waals surface area (Å²) < 4.78 is 15.9. The second-order valence-electron chi connectivity index (χ2n) is 17.3. The van der Waals surface area contributed by atoms with E-state index < -0.39 is 24.3 Å². The van der Waals surface area contributed by atoms with Crippen LogP contribution in [0.5, 0.6) is 0 Å². The Kier molecular flexibility index (Phi) is 11.7. The van der Waals surface area contributed by atoms with Gasteiger partial charge in [0.25, 0.3) is 0 Å². The molecule has 1 unspecified atom stereocenters. The third kappa shape index (κ3) is 7.98. The summed E-state index contributed by atoms with van der Waals surface area (Å²) in [6.07, 6.45) is 7.84. The SMILES string of the molecule is COC(=O)N[C@H](C(=O)N1CCC[C@H]1c1ncc(-c2ccc3c(c2)COCc2cc(-c4cnc([C@@H]5C[C@H]6CCC(C6)N5C(=O)[C@@H](NC(=O)OC)C(C)C)[nH]4)ccc2-3)[nH]1)C(C)C. The summed E-state index contributed by atoms with van der Waals surface area (Å²) in [5.41, 5.74) is 7.97. The number of carbonyl (C=O) groups is 4. The van der Waals surface area contributed by atoms with Gasteiger partial charge in [-0.2, -0.15) is 0 Å². The monoisotopic (exact) mass is 820 g/mol. The molecule has 2 saturated heterocycles. The smallest absolute Gasteiger partial charge is 0.407 e. The van der Waals surface area contributed by atoms with E-state index in [1.165, 1.54) is 14.2 Å². The average molecular weight is 821 g/mol. The lowest BCUT2D eigenvalue weighted by Crippen LogP contribution is -2.55. The van der Waals surface area contributed by atoms with Crippen LogP contribution in [0.3, 0.4) is 0 Å². The van der Waals surface area contributed by atoms with Crippen LogP contribution >= 0.6 is 0 Å². The van der Waals surface area contributed by atoms with Crippen molar-refractivity contribution in [1.29, 1.82) is 0 Å². The number of rotatable bonds is 10. The third-order valence-electron chi connectivity index (χ3n) is 12.8. The van der Waals surface area contributed by atoms with E-state index in [-0.39, 0.29) is 41.8 Å². The number of methoxy groups -OCH3 is 2. The first-order valence-electron chi connectivity index (χ1n) is 21.2. The van der Waals surface area contributed by atoms with Gasteiger partial charge in [0.1, 0.15) is 23.7 Å². The molecule has 318 valence electrons. The highest BCUT2D eigenvalue weighted by Gasteiger charge is 2.46. The van der Waals surface area contributed by atoms with Crippen LogP contribution in [-0.4, -0.2) is 92.6 Å². The lowest BCUT2D eigenvalue weighted by molar-refractivity contribution is -0.141. The minimum atomic E-state index is -0.700. The van der Waals surface area contributed by atoms with Gasteiger partial charge in [-0.25, -0.2) is 19.6 Å². The number of H-pyrrole nitrogens is 2. The number of hydrogen-bond donors (Lipinski definition) is 4. The van der Waals surface area contributed by atoms with Crippen LogP contribution in [0.25, 0.3) is 33.6 Å². The van der Waals surface area contributed by atoms with Crippen molar-refractivity contribution in [2.45, 2.75) is 110 Å². The van der Waals surface area contributed by atoms with E-state index in [9.17, 15) is 19.2 Å². The predicted molar refractivity (Wildman–Crippen MR) is 223 cm³/mol. The molecule has 3 fully saturated rings. The van der Waals surface area contributed by atoms with Crippen LogP contribution in [0.2, 0.25) is 0 Å². The summed E-state index contributed by atoms with van der Waals surface area (Å²) in [5, 5.41) is 5.49. The molecule has 15 heteroatoms. The molecular weight excluding hydrogens is 765 g/mol. The van der Waals surface area contributed by atoms with Crippen LogP contribution < -0.4 is 10.6 Å². The number of piperidine rings is 1. The first kappa shape index (κ1) is 41.1. The molecule has 0 radical (unpaired) electrons. The fraction of sp³-hybridized carbons (Fsp3) is 0.511. The molecule has 6 atom stereocenters. The van der Waals surface area contributed by atoms with Crippen molar-refractivity contribution in [3.05, 3.63) is 71.6 Å². The van der Waals surface area contributed by atoms with Crippen LogP contribution in [0.1, 0.15) is 101 Å². The molecule has 0 spiro atoms. The van der Waals surface area contributed by atoms with Crippen LogP contribution in [0.4, 0.5) is 9.59 Å². The highest BCUT2D eigenvalue weighted by atomic mass is 16.5. The summed E-state index contributed by atoms with van der Waals surface area (Å²) in [7, 11) is 2.60. The Bertz CT molecular complexity index is 2250. The van der Waals surface area contributed by atoms with Gasteiger partial charge in [-0.1, -0.05) is 52.0 Å². The molecule has 2 aromatic heterocycles. The molecule has 4 amide bonds. The second kappa shape index (κ2) is 17.1. The molecule has 8 rings (SSSR count). The van der Waals surface area contributed by atoms with Crippen molar-refractivity contribution in [3.8, 4) is 33.6 Å². The number of nitrogens with one attached hydrogen (secondary N) is 4. The summed E-state index contributed by atoms with van der Waals surface area (Å²) in [6.45, 7) is 9.14. The number of imidazole rings is 2. The molecule has 1 aliphatic carbocycles. The number of amides is 4. The number of hydrogen-bond acceptors (Lipinski definition) is 9. The van der Waals surface area contributed by atoms with Gasteiger partial charge >= 0.3 is 12.2 Å². The van der Waals surface area contributed by atoms with E-state index in [1.54, 1.807) is 0 Å². The van der Waals surface area contributed by atoms with Crippen LogP contribution in [0, 0.1) is 17.8 Å². The van der Waals surface area contributed by atoms with Crippen molar-refractivity contribution in [1.82, 2.24) is 40.4 Å². The normalized spacial score (nSPS) is 21.9. The molecule has 60 heavy (non-hydrogen) atoms. The maximum Gasteiger partial charge on any atom is 0.407 e. The average Bonchev–Trinajstić information content (AvgIpc) is 4.08. The van der Waals surface area contributed by atoms with E-state index in [0.29, 0.717) is 31.5 Å². The zero-order valence-corrected chi connectivity index (χ0v) is 35.2. The lowest BCUT2D eigenvalue weighted by Gasteiger charge is -2.42. The lowest BCUT2D eigenvalue weighted by atomic mass is 9.90. The van der Waals surface area contributed by atoms with Crippen LogP contribution in [0.15, 0.2) is 48.8 Å². The van der Waals surface area contributed by atoms with Gasteiger partial charge in [-0.15, -0.1) is 0 Å². The highest BCUT2D eigenvalue weighted by molar-refractivity contribution is 5.87. The largest absolute Gasteiger partial charge is 0.453 e. The first-order valence-corrected chi connectivity index (χ1v) is 21.2. The summed E-state index contributed by atoms with van der Waals surface area (Å²) in [4.78, 5) is 72.5. The number of carbonyl (C=O) groups excluding carboxylic acids is 4. The Morgan fingerprint density at radius 2 is 1.28 bits per heavy atom. The van der Waals surface area contributed by atoms with Crippen molar-refractivity contribution in [3.63, 3.8) is 0 Å². The standard InChI is InChI=1S/C45H56N8O7/c1-24(2)38(50-44(56)58-5)42(54)52-15-7-8-36(52)40-46-20-34(48-40)27-10-13-32-29(18-27)22-60-23-30-19-28(11-14-33(30)32)35-21-47-41(49-35)37-17-26-9-12-31(16-26)53(37)43(55)39(25(3)4)51-45(57)59-6/h10-11,13-14,18-21,24-26,31,36-39H,7-9,12,15-17,22-23H2,1-6H3,(H,46,48)(H,47,49)(H,50,56)(H,51,57)/t26-,31?,36-,37-,38-,39-/m0/s1. The van der Waals surface area contributed by atoms with Crippen molar-refractivity contribution in [2.24, 2.45) is 17.8 Å². The zero-order chi connectivity index (χ0) is 42.2. The van der Waals surface area contributed by atoms with Gasteiger partial charge in [0, 0.05) is 12.6 Å². The highest BCUT2D eigenvalue weighted by Crippen LogP contribution is 2.46. The Balaban J connectivity index is 1.00. The molecule has 1 saturated carbocycles. The Morgan fingerprint density at radius 3 is 1.83 bits per heavy atom. The molecule has 4 aliphatic rings. The Labute approximate surface area is 350 Å². The first-order chi connectivity index (χ1) is 28.9. The molecule has 5 heterocycles. The number of nitrogens with zero attached hydrogens (tertiary/aromatic N) is 4. The molecule has 2 bridgehead atoms. The summed E-state index contributed by atoms with van der Waals surface area (Å²) in [6, 6.07) is 11.0. The fourth-order valence-corrected chi connectivity index (χ4v) is 9.69.